The van der Waals surface area contributed by atoms with E-state index >= 15 is 0 Å². The molecule has 0 fully saturated rings. The van der Waals surface area contributed by atoms with Crippen molar-refractivity contribution in [1.82, 2.24) is 9.78 Å². The van der Waals surface area contributed by atoms with Crippen LogP contribution in [0.3, 0.4) is 0 Å². The van der Waals surface area contributed by atoms with Crippen LogP contribution in [0.25, 0.3) is 5.69 Å². The highest BCUT2D eigenvalue weighted by Gasteiger charge is 2.05. The molecule has 0 unspecified atom stereocenters. The number of methoxy groups -OCH3 is 1. The lowest BCUT2D eigenvalue weighted by atomic mass is 10.3. The molecule has 1 heterocycles. The lowest BCUT2D eigenvalue weighted by Gasteiger charge is -2.06. The van der Waals surface area contributed by atoms with Gasteiger partial charge in [0.15, 0.2) is 6.29 Å². The van der Waals surface area contributed by atoms with Crippen LogP contribution >= 0.6 is 15.9 Å². The zero-order valence-electron chi connectivity index (χ0n) is 8.55. The summed E-state index contributed by atoms with van der Waals surface area (Å²) in [7, 11) is 1.61. The van der Waals surface area contributed by atoms with Gasteiger partial charge in [0, 0.05) is 10.7 Å². The number of aromatic nitrogens is 2. The van der Waals surface area contributed by atoms with Gasteiger partial charge >= 0.3 is 0 Å². The number of benzene rings is 1. The Morgan fingerprint density at radius 2 is 2.31 bits per heavy atom. The summed E-state index contributed by atoms with van der Waals surface area (Å²) in [6.45, 7) is 0. The van der Waals surface area contributed by atoms with E-state index in [-0.39, 0.29) is 0 Å². The van der Waals surface area contributed by atoms with Crippen molar-refractivity contribution in [2.45, 2.75) is 0 Å². The van der Waals surface area contributed by atoms with Gasteiger partial charge in [-0.2, -0.15) is 5.10 Å². The van der Waals surface area contributed by atoms with Crippen molar-refractivity contribution in [2.75, 3.05) is 7.11 Å². The Morgan fingerprint density at radius 3 is 2.88 bits per heavy atom. The summed E-state index contributed by atoms with van der Waals surface area (Å²) in [5, 5.41) is 4.09. The van der Waals surface area contributed by atoms with Gasteiger partial charge < -0.3 is 4.74 Å². The van der Waals surface area contributed by atoms with Crippen LogP contribution in [0.2, 0.25) is 0 Å². The highest BCUT2D eigenvalue weighted by molar-refractivity contribution is 9.10. The van der Waals surface area contributed by atoms with E-state index in [4.69, 9.17) is 4.74 Å². The normalized spacial score (nSPS) is 10.1. The minimum atomic E-state index is 0.544. The van der Waals surface area contributed by atoms with Crippen molar-refractivity contribution in [3.05, 3.63) is 40.6 Å². The first-order chi connectivity index (χ1) is 7.74. The van der Waals surface area contributed by atoms with Gasteiger partial charge in [-0.1, -0.05) is 0 Å². The van der Waals surface area contributed by atoms with Gasteiger partial charge in [0.25, 0.3) is 0 Å². The average molecular weight is 281 g/mol. The van der Waals surface area contributed by atoms with Crippen molar-refractivity contribution in [3.8, 4) is 11.4 Å². The molecule has 1 aromatic heterocycles. The third-order valence-corrected chi connectivity index (χ3v) is 2.78. The number of nitrogens with zero attached hydrogens (tertiary/aromatic N) is 2. The lowest BCUT2D eigenvalue weighted by molar-refractivity contribution is 0.112. The molecule has 1 aromatic carbocycles. The summed E-state index contributed by atoms with van der Waals surface area (Å²) in [6, 6.07) is 5.55. The average Bonchev–Trinajstić information content (AvgIpc) is 2.77. The molecule has 0 atom stereocenters. The zero-order chi connectivity index (χ0) is 11.5. The van der Waals surface area contributed by atoms with Crippen LogP contribution in [0, 0.1) is 0 Å². The molecular weight excluding hydrogens is 272 g/mol. The molecule has 5 heteroatoms. The van der Waals surface area contributed by atoms with E-state index in [1.54, 1.807) is 18.0 Å². The molecule has 0 aliphatic heterocycles. The minimum Gasteiger partial charge on any atom is -0.497 e. The van der Waals surface area contributed by atoms with Crippen molar-refractivity contribution >= 4 is 22.2 Å². The number of ether oxygens (including phenoxy) is 1. The second-order valence-corrected chi connectivity index (χ2v) is 4.01. The van der Waals surface area contributed by atoms with Crippen molar-refractivity contribution in [1.29, 1.82) is 0 Å². The molecule has 16 heavy (non-hydrogen) atoms. The first kappa shape index (κ1) is 10.9. The van der Waals surface area contributed by atoms with Crippen LogP contribution < -0.4 is 4.74 Å². The largest absolute Gasteiger partial charge is 0.497 e. The Kier molecular flexibility index (Phi) is 3.05. The van der Waals surface area contributed by atoms with Gasteiger partial charge in [-0.25, -0.2) is 4.68 Å². The summed E-state index contributed by atoms with van der Waals surface area (Å²) in [6.07, 6.45) is 3.95. The smallest absolute Gasteiger partial charge is 0.153 e. The van der Waals surface area contributed by atoms with E-state index in [2.05, 4.69) is 21.0 Å². The summed E-state index contributed by atoms with van der Waals surface area (Å²) in [5.41, 5.74) is 1.40. The summed E-state index contributed by atoms with van der Waals surface area (Å²) >= 11 is 3.43. The predicted octanol–water partition coefficient (Wildman–Crippen LogP) is 2.46. The molecule has 0 amide bonds. The number of carbonyl (C=O) groups excluding carboxylic acids is 1. The highest BCUT2D eigenvalue weighted by atomic mass is 79.9. The van der Waals surface area contributed by atoms with Crippen molar-refractivity contribution in [2.24, 2.45) is 0 Å². The van der Waals surface area contributed by atoms with Gasteiger partial charge in [-0.3, -0.25) is 4.79 Å². The third-order valence-electron chi connectivity index (χ3n) is 2.14. The number of halogens is 1. The van der Waals surface area contributed by atoms with Crippen LogP contribution in [0.15, 0.2) is 35.1 Å². The fraction of sp³-hybridized carbons (Fsp3) is 0.0909. The summed E-state index contributed by atoms with van der Waals surface area (Å²) in [5.74, 6) is 0.762. The Bertz CT molecular complexity index is 522. The number of carbonyl (C=O) groups is 1. The van der Waals surface area contributed by atoms with E-state index in [0.29, 0.717) is 5.56 Å². The van der Waals surface area contributed by atoms with E-state index in [1.807, 2.05) is 18.2 Å². The maximum Gasteiger partial charge on any atom is 0.153 e. The van der Waals surface area contributed by atoms with E-state index in [0.717, 1.165) is 22.2 Å². The SMILES string of the molecule is COc1ccc(-n2cc(C=O)cn2)c(Br)c1. The lowest BCUT2D eigenvalue weighted by Crippen LogP contribution is -1.95. The second kappa shape index (κ2) is 4.49. The predicted molar refractivity (Wildman–Crippen MR) is 63.2 cm³/mol. The molecule has 0 aliphatic carbocycles. The summed E-state index contributed by atoms with van der Waals surface area (Å²) in [4.78, 5) is 10.6. The van der Waals surface area contributed by atoms with Crippen LogP contribution in [0.4, 0.5) is 0 Å². The van der Waals surface area contributed by atoms with Gasteiger partial charge in [-0.15, -0.1) is 0 Å². The van der Waals surface area contributed by atoms with Crippen LogP contribution in [0.1, 0.15) is 10.4 Å². The maximum absolute atomic E-state index is 10.6. The molecule has 0 spiro atoms. The Morgan fingerprint density at radius 1 is 1.50 bits per heavy atom. The first-order valence-corrected chi connectivity index (χ1v) is 5.37. The Hall–Kier alpha value is -1.62. The van der Waals surface area contributed by atoms with Gasteiger partial charge in [0.2, 0.25) is 0 Å². The molecule has 4 nitrogen and oxygen atoms in total. The standard InChI is InChI=1S/C11H9BrN2O2/c1-16-9-2-3-11(10(12)4-9)14-6-8(7-15)5-13-14/h2-7H,1H3. The highest BCUT2D eigenvalue weighted by Crippen LogP contribution is 2.25. The van der Waals surface area contributed by atoms with Crippen LogP contribution in [-0.4, -0.2) is 23.2 Å². The fourth-order valence-corrected chi connectivity index (χ4v) is 1.87. The Balaban J connectivity index is 2.43. The topological polar surface area (TPSA) is 44.1 Å². The summed E-state index contributed by atoms with van der Waals surface area (Å²) < 4.78 is 7.58. The monoisotopic (exact) mass is 280 g/mol. The maximum atomic E-state index is 10.6. The molecule has 0 N–H and O–H groups in total. The van der Waals surface area contributed by atoms with E-state index < -0.39 is 0 Å². The molecule has 2 aromatic rings. The fourth-order valence-electron chi connectivity index (χ4n) is 1.33. The zero-order valence-corrected chi connectivity index (χ0v) is 10.1. The number of hydrogen-bond acceptors (Lipinski definition) is 3. The Labute approximate surface area is 101 Å². The van der Waals surface area contributed by atoms with Gasteiger partial charge in [0.05, 0.1) is 24.6 Å². The van der Waals surface area contributed by atoms with E-state index in [1.165, 1.54) is 6.20 Å². The molecule has 0 radical (unpaired) electrons. The van der Waals surface area contributed by atoms with E-state index in [9.17, 15) is 4.79 Å². The van der Waals surface area contributed by atoms with Crippen molar-refractivity contribution < 1.29 is 9.53 Å². The molecule has 0 saturated carbocycles. The quantitative estimate of drug-likeness (QED) is 0.812. The number of rotatable bonds is 3. The van der Waals surface area contributed by atoms with Crippen molar-refractivity contribution in [3.63, 3.8) is 0 Å². The molecule has 2 rings (SSSR count). The molecule has 0 aliphatic rings. The third kappa shape index (κ3) is 1.99. The number of hydrogen-bond donors (Lipinski definition) is 0. The molecule has 0 saturated heterocycles. The van der Waals surface area contributed by atoms with Crippen LogP contribution in [-0.2, 0) is 0 Å². The molecule has 82 valence electrons. The van der Waals surface area contributed by atoms with Gasteiger partial charge in [0.1, 0.15) is 5.75 Å². The first-order valence-electron chi connectivity index (χ1n) is 4.58. The van der Waals surface area contributed by atoms with Gasteiger partial charge in [-0.05, 0) is 34.1 Å². The molecular formula is C11H9BrN2O2. The molecule has 0 bridgehead atoms. The second-order valence-electron chi connectivity index (χ2n) is 3.15. The minimum absolute atomic E-state index is 0.544. The number of aldehydes is 1. The van der Waals surface area contributed by atoms with Crippen LogP contribution in [0.5, 0.6) is 5.75 Å².